The van der Waals surface area contributed by atoms with Gasteiger partial charge in [-0.05, 0) is 68.2 Å². The SMILES string of the molecule is COc1ccccc1-c1c[nH]cc1C(=O)NC(C)C1CCC(c2ccncc2)CC1. The molecule has 1 aliphatic rings. The van der Waals surface area contributed by atoms with Crippen LogP contribution in [-0.4, -0.2) is 29.0 Å². The Balaban J connectivity index is 1.40. The Labute approximate surface area is 177 Å². The van der Waals surface area contributed by atoms with Crippen molar-refractivity contribution in [3.05, 3.63) is 72.3 Å². The molecular weight excluding hydrogens is 374 g/mol. The number of nitrogens with zero attached hydrogens (tertiary/aromatic N) is 1. The number of pyridine rings is 1. The summed E-state index contributed by atoms with van der Waals surface area (Å²) in [5.41, 5.74) is 3.81. The van der Waals surface area contributed by atoms with E-state index in [2.05, 4.69) is 34.3 Å². The monoisotopic (exact) mass is 403 g/mol. The number of rotatable bonds is 6. The van der Waals surface area contributed by atoms with Gasteiger partial charge in [0, 0.05) is 42.0 Å². The van der Waals surface area contributed by atoms with Gasteiger partial charge in [0.25, 0.3) is 5.91 Å². The summed E-state index contributed by atoms with van der Waals surface area (Å²) in [7, 11) is 1.65. The van der Waals surface area contributed by atoms with E-state index in [-0.39, 0.29) is 11.9 Å². The third-order valence-corrected chi connectivity index (χ3v) is 6.40. The highest BCUT2D eigenvalue weighted by Crippen LogP contribution is 2.37. The third kappa shape index (κ3) is 4.25. The van der Waals surface area contributed by atoms with Crippen molar-refractivity contribution in [2.45, 2.75) is 44.6 Å². The zero-order chi connectivity index (χ0) is 20.9. The Hall–Kier alpha value is -3.08. The topological polar surface area (TPSA) is 67.0 Å². The highest BCUT2D eigenvalue weighted by molar-refractivity contribution is 6.01. The fourth-order valence-corrected chi connectivity index (χ4v) is 4.63. The number of hydrogen-bond donors (Lipinski definition) is 2. The summed E-state index contributed by atoms with van der Waals surface area (Å²) in [5.74, 6) is 1.82. The molecule has 1 fully saturated rings. The number of nitrogens with one attached hydrogen (secondary N) is 2. The second-order valence-corrected chi connectivity index (χ2v) is 8.14. The summed E-state index contributed by atoms with van der Waals surface area (Å²) < 4.78 is 5.48. The predicted octanol–water partition coefficient (Wildman–Crippen LogP) is 5.18. The predicted molar refractivity (Wildman–Crippen MR) is 119 cm³/mol. The molecule has 1 unspecified atom stereocenters. The maximum absolute atomic E-state index is 13.1. The number of para-hydroxylation sites is 1. The first-order valence-corrected chi connectivity index (χ1v) is 10.7. The van der Waals surface area contributed by atoms with Gasteiger partial charge >= 0.3 is 0 Å². The molecule has 30 heavy (non-hydrogen) atoms. The molecule has 2 N–H and O–H groups in total. The zero-order valence-corrected chi connectivity index (χ0v) is 17.6. The normalized spacial score (nSPS) is 19.8. The van der Waals surface area contributed by atoms with Crippen molar-refractivity contribution in [3.63, 3.8) is 0 Å². The van der Waals surface area contributed by atoms with E-state index < -0.39 is 0 Å². The molecule has 0 bridgehead atoms. The van der Waals surface area contributed by atoms with Crippen molar-refractivity contribution in [1.82, 2.24) is 15.3 Å². The summed E-state index contributed by atoms with van der Waals surface area (Å²) >= 11 is 0. The lowest BCUT2D eigenvalue weighted by Gasteiger charge is -2.32. The van der Waals surface area contributed by atoms with Crippen molar-refractivity contribution in [2.75, 3.05) is 7.11 Å². The molecule has 1 atom stereocenters. The summed E-state index contributed by atoms with van der Waals surface area (Å²) in [5, 5.41) is 3.24. The van der Waals surface area contributed by atoms with Crippen molar-refractivity contribution in [1.29, 1.82) is 0 Å². The maximum Gasteiger partial charge on any atom is 0.253 e. The maximum atomic E-state index is 13.1. The lowest BCUT2D eigenvalue weighted by Crippen LogP contribution is -2.39. The van der Waals surface area contributed by atoms with E-state index in [1.165, 1.54) is 5.56 Å². The molecule has 0 spiro atoms. The lowest BCUT2D eigenvalue weighted by atomic mass is 9.76. The van der Waals surface area contributed by atoms with Gasteiger partial charge in [0.1, 0.15) is 5.75 Å². The Morgan fingerprint density at radius 2 is 1.80 bits per heavy atom. The number of benzene rings is 1. The van der Waals surface area contributed by atoms with Gasteiger partial charge in [-0.15, -0.1) is 0 Å². The number of ether oxygens (including phenoxy) is 1. The second kappa shape index (κ2) is 9.16. The highest BCUT2D eigenvalue weighted by Gasteiger charge is 2.28. The quantitative estimate of drug-likeness (QED) is 0.596. The van der Waals surface area contributed by atoms with E-state index in [0.29, 0.717) is 17.4 Å². The van der Waals surface area contributed by atoms with Gasteiger partial charge in [-0.2, -0.15) is 0 Å². The molecule has 1 aromatic carbocycles. The number of aromatic nitrogens is 2. The first-order chi connectivity index (χ1) is 14.7. The molecule has 0 aliphatic heterocycles. The van der Waals surface area contributed by atoms with Crippen LogP contribution in [-0.2, 0) is 0 Å². The Bertz CT molecular complexity index is 975. The number of methoxy groups -OCH3 is 1. The van der Waals surface area contributed by atoms with Gasteiger partial charge in [-0.1, -0.05) is 18.2 Å². The van der Waals surface area contributed by atoms with Gasteiger partial charge in [0.05, 0.1) is 12.7 Å². The molecule has 4 rings (SSSR count). The van der Waals surface area contributed by atoms with Gasteiger partial charge in [-0.25, -0.2) is 0 Å². The van der Waals surface area contributed by atoms with Crippen molar-refractivity contribution < 1.29 is 9.53 Å². The Kier molecular flexibility index (Phi) is 6.17. The molecule has 2 aromatic heterocycles. The molecule has 1 aliphatic carbocycles. The molecule has 1 amide bonds. The van der Waals surface area contributed by atoms with Gasteiger partial charge in [0.2, 0.25) is 0 Å². The average molecular weight is 404 g/mol. The van der Waals surface area contributed by atoms with Crippen LogP contribution >= 0.6 is 0 Å². The van der Waals surface area contributed by atoms with Crippen LogP contribution in [0.15, 0.2) is 61.2 Å². The average Bonchev–Trinajstić information content (AvgIpc) is 3.29. The number of amides is 1. The van der Waals surface area contributed by atoms with Crippen LogP contribution in [0.5, 0.6) is 5.75 Å². The van der Waals surface area contributed by atoms with Crippen molar-refractivity contribution >= 4 is 5.91 Å². The van der Waals surface area contributed by atoms with E-state index >= 15 is 0 Å². The molecule has 5 heteroatoms. The van der Waals surface area contributed by atoms with E-state index in [1.807, 2.05) is 42.9 Å². The van der Waals surface area contributed by atoms with Crippen LogP contribution in [0.1, 0.15) is 54.4 Å². The first-order valence-electron chi connectivity index (χ1n) is 10.7. The number of H-pyrrole nitrogens is 1. The number of hydrogen-bond acceptors (Lipinski definition) is 3. The van der Waals surface area contributed by atoms with Crippen LogP contribution in [0.4, 0.5) is 0 Å². The minimum absolute atomic E-state index is 0.0408. The molecule has 2 heterocycles. The number of carbonyl (C=O) groups is 1. The summed E-state index contributed by atoms with van der Waals surface area (Å²) in [6.07, 6.45) is 11.9. The van der Waals surface area contributed by atoms with E-state index in [0.717, 1.165) is 42.6 Å². The van der Waals surface area contributed by atoms with Crippen LogP contribution in [0.25, 0.3) is 11.1 Å². The Morgan fingerprint density at radius 1 is 1.07 bits per heavy atom. The van der Waals surface area contributed by atoms with Gasteiger partial charge in [-0.3, -0.25) is 9.78 Å². The molecule has 0 saturated heterocycles. The molecule has 156 valence electrons. The van der Waals surface area contributed by atoms with E-state index in [9.17, 15) is 4.79 Å². The molecule has 1 saturated carbocycles. The minimum Gasteiger partial charge on any atom is -0.496 e. The van der Waals surface area contributed by atoms with E-state index in [1.54, 1.807) is 13.3 Å². The summed E-state index contributed by atoms with van der Waals surface area (Å²) in [6, 6.07) is 12.2. The van der Waals surface area contributed by atoms with Crippen LogP contribution in [0.3, 0.4) is 0 Å². The minimum atomic E-state index is -0.0408. The van der Waals surface area contributed by atoms with Gasteiger partial charge in [0.15, 0.2) is 0 Å². The largest absolute Gasteiger partial charge is 0.496 e. The standard InChI is InChI=1S/C25H29N3O2/c1-17(18-7-9-19(10-8-18)20-11-13-26-14-12-20)28-25(29)23-16-27-15-22(23)21-5-3-4-6-24(21)30-2/h3-6,11-19,27H,7-10H2,1-2H3,(H,28,29). The smallest absolute Gasteiger partial charge is 0.253 e. The fourth-order valence-electron chi connectivity index (χ4n) is 4.63. The highest BCUT2D eigenvalue weighted by atomic mass is 16.5. The van der Waals surface area contributed by atoms with Gasteiger partial charge < -0.3 is 15.0 Å². The molecular formula is C25H29N3O2. The molecule has 5 nitrogen and oxygen atoms in total. The van der Waals surface area contributed by atoms with Crippen molar-refractivity contribution in [2.24, 2.45) is 5.92 Å². The van der Waals surface area contributed by atoms with Crippen LogP contribution in [0.2, 0.25) is 0 Å². The molecule has 3 aromatic rings. The summed E-state index contributed by atoms with van der Waals surface area (Å²) in [4.78, 5) is 20.3. The third-order valence-electron chi connectivity index (χ3n) is 6.40. The number of aromatic amines is 1. The number of carbonyl (C=O) groups excluding carboxylic acids is 1. The lowest BCUT2D eigenvalue weighted by molar-refractivity contribution is 0.0918. The summed E-state index contributed by atoms with van der Waals surface area (Å²) in [6.45, 7) is 2.13. The van der Waals surface area contributed by atoms with E-state index in [4.69, 9.17) is 4.74 Å². The molecule has 0 radical (unpaired) electrons. The Morgan fingerprint density at radius 3 is 2.53 bits per heavy atom. The second-order valence-electron chi connectivity index (χ2n) is 8.14. The van der Waals surface area contributed by atoms with Crippen LogP contribution in [0, 0.1) is 5.92 Å². The first kappa shape index (κ1) is 20.2. The van der Waals surface area contributed by atoms with Crippen LogP contribution < -0.4 is 10.1 Å². The van der Waals surface area contributed by atoms with Crippen molar-refractivity contribution in [3.8, 4) is 16.9 Å². The fraction of sp³-hybridized carbons (Fsp3) is 0.360. The zero-order valence-electron chi connectivity index (χ0n) is 17.6.